The number of carboxylic acid groups (broad SMARTS) is 1. The number of unbranched alkanes of at least 4 members (excludes halogenated alkanes) is 10. The highest BCUT2D eigenvalue weighted by Gasteiger charge is 2.01. The van der Waals surface area contributed by atoms with Crippen LogP contribution in [0.15, 0.2) is 12.2 Å². The number of aliphatic hydroxyl groups excluding tert-OH is 1. The molecule has 0 aliphatic carbocycles. The van der Waals surface area contributed by atoms with Crippen molar-refractivity contribution in [3.8, 4) is 0 Å². The first-order valence-electron chi connectivity index (χ1n) is 9.71. The fourth-order valence-electron chi connectivity index (χ4n) is 2.72. The molecule has 0 radical (unpaired) electrons. The van der Waals surface area contributed by atoms with Gasteiger partial charge in [0.25, 0.3) is 0 Å². The first kappa shape index (κ1) is 22.2. The number of allylic oxidation sites excluding steroid dienone is 1. The maximum absolute atomic E-state index is 10.4. The zero-order valence-corrected chi connectivity index (χ0v) is 15.1. The first-order chi connectivity index (χ1) is 11.2. The Hall–Kier alpha value is -0.830. The van der Waals surface area contributed by atoms with E-state index in [-0.39, 0.29) is 6.10 Å². The van der Waals surface area contributed by atoms with Crippen molar-refractivity contribution in [2.24, 2.45) is 0 Å². The average molecular weight is 327 g/mol. The van der Waals surface area contributed by atoms with Gasteiger partial charge in [0.15, 0.2) is 0 Å². The molecule has 0 fully saturated rings. The van der Waals surface area contributed by atoms with Crippen molar-refractivity contribution in [2.75, 3.05) is 0 Å². The maximum atomic E-state index is 10.4. The molecule has 0 aliphatic rings. The molecule has 0 aromatic rings. The molecule has 0 bridgehead atoms. The summed E-state index contributed by atoms with van der Waals surface area (Å²) in [5.41, 5.74) is 0. The molecule has 2 N–H and O–H groups in total. The molecule has 0 saturated heterocycles. The molecule has 0 aromatic carbocycles. The van der Waals surface area contributed by atoms with Crippen molar-refractivity contribution in [3.63, 3.8) is 0 Å². The van der Waals surface area contributed by atoms with Gasteiger partial charge in [0.05, 0.1) is 6.10 Å². The van der Waals surface area contributed by atoms with Gasteiger partial charge in [-0.25, -0.2) is 0 Å². The zero-order chi connectivity index (χ0) is 17.2. The Balaban J connectivity index is 3.23. The van der Waals surface area contributed by atoms with Gasteiger partial charge in [0.1, 0.15) is 0 Å². The summed E-state index contributed by atoms with van der Waals surface area (Å²) in [7, 11) is 0. The third-order valence-corrected chi connectivity index (χ3v) is 4.23. The van der Waals surface area contributed by atoms with Crippen molar-refractivity contribution in [2.45, 2.75) is 109 Å². The summed E-state index contributed by atoms with van der Waals surface area (Å²) < 4.78 is 0. The van der Waals surface area contributed by atoms with E-state index in [2.05, 4.69) is 19.1 Å². The second kappa shape index (κ2) is 17.5. The van der Waals surface area contributed by atoms with Gasteiger partial charge in [0.2, 0.25) is 0 Å². The molecule has 0 saturated carbocycles. The Morgan fingerprint density at radius 2 is 1.48 bits per heavy atom. The number of carboxylic acids is 1. The van der Waals surface area contributed by atoms with Crippen LogP contribution in [0.1, 0.15) is 103 Å². The summed E-state index contributed by atoms with van der Waals surface area (Å²) >= 11 is 0. The van der Waals surface area contributed by atoms with E-state index in [0.29, 0.717) is 6.42 Å². The fourth-order valence-corrected chi connectivity index (χ4v) is 2.72. The topological polar surface area (TPSA) is 57.5 Å². The molecular weight excluding hydrogens is 288 g/mol. The third kappa shape index (κ3) is 19.1. The lowest BCUT2D eigenvalue weighted by Crippen LogP contribution is -2.04. The molecule has 0 rings (SSSR count). The monoisotopic (exact) mass is 326 g/mol. The van der Waals surface area contributed by atoms with Gasteiger partial charge in [-0.15, -0.1) is 0 Å². The van der Waals surface area contributed by atoms with Crippen LogP contribution in [0, 0.1) is 0 Å². The van der Waals surface area contributed by atoms with E-state index in [0.717, 1.165) is 44.9 Å². The Labute approximate surface area is 143 Å². The second-order valence-corrected chi connectivity index (χ2v) is 6.62. The van der Waals surface area contributed by atoms with Gasteiger partial charge in [-0.05, 0) is 32.1 Å². The van der Waals surface area contributed by atoms with Gasteiger partial charge in [-0.3, -0.25) is 4.79 Å². The lowest BCUT2D eigenvalue weighted by atomic mass is 10.0. The van der Waals surface area contributed by atoms with E-state index in [1.54, 1.807) is 0 Å². The Kier molecular flexibility index (Phi) is 16.9. The summed E-state index contributed by atoms with van der Waals surface area (Å²) in [5.74, 6) is -0.681. The highest BCUT2D eigenvalue weighted by Crippen LogP contribution is 2.12. The standard InChI is InChI=1S/C20H38O3/c1-2-3-4-5-10-13-16-19(21)17-14-11-8-6-7-9-12-15-18-20(22)23/h10,13,19,21H,2-9,11-12,14-18H2,1H3,(H,22,23). The number of rotatable bonds is 17. The Bertz CT molecular complexity index is 287. The number of aliphatic hydroxyl groups is 1. The number of carbonyl (C=O) groups is 1. The molecule has 3 nitrogen and oxygen atoms in total. The van der Waals surface area contributed by atoms with Crippen LogP contribution in [0.4, 0.5) is 0 Å². The Morgan fingerprint density at radius 1 is 0.870 bits per heavy atom. The smallest absolute Gasteiger partial charge is 0.303 e. The van der Waals surface area contributed by atoms with Gasteiger partial charge in [0, 0.05) is 6.42 Å². The van der Waals surface area contributed by atoms with Crippen LogP contribution < -0.4 is 0 Å². The molecular formula is C20H38O3. The largest absolute Gasteiger partial charge is 0.481 e. The Morgan fingerprint density at radius 3 is 2.09 bits per heavy atom. The van der Waals surface area contributed by atoms with E-state index in [4.69, 9.17) is 5.11 Å². The molecule has 0 spiro atoms. The quantitative estimate of drug-likeness (QED) is 0.260. The van der Waals surface area contributed by atoms with Crippen molar-refractivity contribution >= 4 is 5.97 Å². The first-order valence-corrected chi connectivity index (χ1v) is 9.71. The highest BCUT2D eigenvalue weighted by atomic mass is 16.4. The SMILES string of the molecule is CCCCCC=CCC(O)CCCCCCCCCCC(=O)O. The van der Waals surface area contributed by atoms with Crippen molar-refractivity contribution in [3.05, 3.63) is 12.2 Å². The maximum Gasteiger partial charge on any atom is 0.303 e. The van der Waals surface area contributed by atoms with Gasteiger partial charge < -0.3 is 10.2 Å². The van der Waals surface area contributed by atoms with E-state index in [1.807, 2.05) is 0 Å². The minimum Gasteiger partial charge on any atom is -0.481 e. The van der Waals surface area contributed by atoms with Crippen molar-refractivity contribution < 1.29 is 15.0 Å². The number of aliphatic carboxylic acids is 1. The van der Waals surface area contributed by atoms with E-state index in [9.17, 15) is 9.90 Å². The van der Waals surface area contributed by atoms with E-state index in [1.165, 1.54) is 44.9 Å². The van der Waals surface area contributed by atoms with Crippen LogP contribution in [0.25, 0.3) is 0 Å². The molecule has 3 heteroatoms. The number of hydrogen-bond acceptors (Lipinski definition) is 2. The van der Waals surface area contributed by atoms with Gasteiger partial charge in [-0.1, -0.05) is 76.9 Å². The summed E-state index contributed by atoms with van der Waals surface area (Å²) in [6.45, 7) is 2.22. The van der Waals surface area contributed by atoms with Gasteiger partial charge >= 0.3 is 5.97 Å². The van der Waals surface area contributed by atoms with Crippen LogP contribution in [-0.2, 0) is 4.79 Å². The van der Waals surface area contributed by atoms with Crippen LogP contribution in [0.3, 0.4) is 0 Å². The second-order valence-electron chi connectivity index (χ2n) is 6.62. The highest BCUT2D eigenvalue weighted by molar-refractivity contribution is 5.66. The summed E-state index contributed by atoms with van der Waals surface area (Å²) in [4.78, 5) is 10.4. The molecule has 23 heavy (non-hydrogen) atoms. The summed E-state index contributed by atoms with van der Waals surface area (Å²) in [6, 6.07) is 0. The van der Waals surface area contributed by atoms with Crippen molar-refractivity contribution in [1.29, 1.82) is 0 Å². The normalized spacial score (nSPS) is 12.8. The van der Waals surface area contributed by atoms with Crippen LogP contribution >= 0.6 is 0 Å². The molecule has 0 aliphatic heterocycles. The molecule has 0 aromatic heterocycles. The lowest BCUT2D eigenvalue weighted by molar-refractivity contribution is -0.137. The van der Waals surface area contributed by atoms with Crippen LogP contribution in [0.5, 0.6) is 0 Å². The van der Waals surface area contributed by atoms with Crippen molar-refractivity contribution in [1.82, 2.24) is 0 Å². The summed E-state index contributed by atoms with van der Waals surface area (Å²) in [5, 5.41) is 18.4. The lowest BCUT2D eigenvalue weighted by Gasteiger charge is -2.07. The predicted octanol–water partition coefficient (Wildman–Crippen LogP) is 5.86. The minimum absolute atomic E-state index is 0.173. The predicted molar refractivity (Wildman–Crippen MR) is 97.7 cm³/mol. The molecule has 0 amide bonds. The molecule has 1 unspecified atom stereocenters. The molecule has 136 valence electrons. The van der Waals surface area contributed by atoms with E-state index < -0.39 is 5.97 Å². The minimum atomic E-state index is -0.681. The van der Waals surface area contributed by atoms with Gasteiger partial charge in [-0.2, -0.15) is 0 Å². The average Bonchev–Trinajstić information content (AvgIpc) is 2.52. The van der Waals surface area contributed by atoms with E-state index >= 15 is 0 Å². The molecule has 1 atom stereocenters. The van der Waals surface area contributed by atoms with Crippen LogP contribution in [0.2, 0.25) is 0 Å². The number of hydrogen-bond donors (Lipinski definition) is 2. The third-order valence-electron chi connectivity index (χ3n) is 4.23. The van der Waals surface area contributed by atoms with Crippen LogP contribution in [-0.4, -0.2) is 22.3 Å². The fraction of sp³-hybridized carbons (Fsp3) is 0.850. The molecule has 0 heterocycles. The zero-order valence-electron chi connectivity index (χ0n) is 15.1. The summed E-state index contributed by atoms with van der Waals surface area (Å²) in [6.07, 6.45) is 20.2.